The van der Waals surface area contributed by atoms with Gasteiger partial charge in [0.15, 0.2) is 5.67 Å². The van der Waals surface area contributed by atoms with E-state index in [4.69, 9.17) is 0 Å². The van der Waals surface area contributed by atoms with Crippen LogP contribution >= 0.6 is 0 Å². The fraction of sp³-hybridized carbons (Fsp3) is 0.923. The number of hydrogen-bond donors (Lipinski definition) is 0. The number of likely N-dealkylation sites (tertiary alicyclic amines) is 2. The first kappa shape index (κ1) is 11.5. The Labute approximate surface area is 102 Å². The number of nitrogens with zero attached hydrogens (tertiary/aromatic N) is 2. The van der Waals surface area contributed by atoms with Crippen molar-refractivity contribution < 1.29 is 9.18 Å². The maximum Gasteiger partial charge on any atom is 0.260 e. The lowest BCUT2D eigenvalue weighted by atomic mass is 9.85. The molecule has 4 heteroatoms. The Hall–Kier alpha value is -0.640. The van der Waals surface area contributed by atoms with Crippen molar-refractivity contribution in [2.45, 2.75) is 49.7 Å². The van der Waals surface area contributed by atoms with E-state index >= 15 is 0 Å². The van der Waals surface area contributed by atoms with Crippen LogP contribution < -0.4 is 0 Å². The molecule has 3 rings (SSSR count). The molecule has 2 saturated heterocycles. The molecule has 3 aliphatic rings. The standard InChI is InChI=1S/C13H21FN2O/c1-15-9-6-12(7-10-15)3-2-8-16(12)11(17)13(14)4-5-13/h2-10H2,1H3. The minimum Gasteiger partial charge on any atom is -0.334 e. The third kappa shape index (κ3) is 1.77. The Balaban J connectivity index is 1.77. The molecule has 0 radical (unpaired) electrons. The van der Waals surface area contributed by atoms with Gasteiger partial charge in [-0.1, -0.05) is 0 Å². The van der Waals surface area contributed by atoms with Crippen molar-refractivity contribution in [3.63, 3.8) is 0 Å². The predicted octanol–water partition coefficient (Wildman–Crippen LogP) is 1.58. The molecule has 0 bridgehead atoms. The second-order valence-electron chi connectivity index (χ2n) is 6.05. The first-order valence-electron chi connectivity index (χ1n) is 6.75. The molecule has 96 valence electrons. The summed E-state index contributed by atoms with van der Waals surface area (Å²) in [6.07, 6.45) is 5.04. The summed E-state index contributed by atoms with van der Waals surface area (Å²) in [4.78, 5) is 16.4. The molecular weight excluding hydrogens is 219 g/mol. The quantitative estimate of drug-likeness (QED) is 0.694. The van der Waals surface area contributed by atoms with E-state index in [1.165, 1.54) is 0 Å². The minimum atomic E-state index is -1.49. The average Bonchev–Trinajstić information content (AvgIpc) is 2.94. The monoisotopic (exact) mass is 240 g/mol. The van der Waals surface area contributed by atoms with Crippen molar-refractivity contribution in [1.29, 1.82) is 0 Å². The summed E-state index contributed by atoms with van der Waals surface area (Å²) >= 11 is 0. The first-order chi connectivity index (χ1) is 8.06. The molecule has 0 aromatic carbocycles. The summed E-state index contributed by atoms with van der Waals surface area (Å²) in [7, 11) is 2.12. The van der Waals surface area contributed by atoms with Gasteiger partial charge in [0.05, 0.1) is 0 Å². The van der Waals surface area contributed by atoms with E-state index < -0.39 is 5.67 Å². The van der Waals surface area contributed by atoms with Gasteiger partial charge in [0.25, 0.3) is 5.91 Å². The van der Waals surface area contributed by atoms with E-state index in [1.807, 2.05) is 4.90 Å². The van der Waals surface area contributed by atoms with Crippen LogP contribution in [0.2, 0.25) is 0 Å². The van der Waals surface area contributed by atoms with Crippen LogP contribution in [0.25, 0.3) is 0 Å². The average molecular weight is 240 g/mol. The highest BCUT2D eigenvalue weighted by Crippen LogP contribution is 2.46. The number of rotatable bonds is 1. The fourth-order valence-electron chi connectivity index (χ4n) is 3.38. The van der Waals surface area contributed by atoms with Gasteiger partial charge in [0.2, 0.25) is 0 Å². The van der Waals surface area contributed by atoms with Crippen LogP contribution in [0.3, 0.4) is 0 Å². The zero-order valence-corrected chi connectivity index (χ0v) is 10.5. The second kappa shape index (κ2) is 3.67. The SMILES string of the molecule is CN1CCC2(CCCN2C(=O)C2(F)CC2)CC1. The molecule has 1 amide bonds. The van der Waals surface area contributed by atoms with E-state index in [0.29, 0.717) is 12.8 Å². The zero-order chi connectivity index (χ0) is 12.1. The molecular formula is C13H21FN2O. The van der Waals surface area contributed by atoms with E-state index in [9.17, 15) is 9.18 Å². The Morgan fingerprint density at radius 2 is 1.71 bits per heavy atom. The summed E-state index contributed by atoms with van der Waals surface area (Å²) in [6, 6.07) is 0. The number of halogens is 1. The van der Waals surface area contributed by atoms with E-state index in [0.717, 1.165) is 45.3 Å². The normalized spacial score (nSPS) is 30.8. The van der Waals surface area contributed by atoms with Crippen LogP contribution in [0, 0.1) is 0 Å². The summed E-state index contributed by atoms with van der Waals surface area (Å²) in [5.74, 6) is -0.209. The number of amides is 1. The molecule has 17 heavy (non-hydrogen) atoms. The molecule has 0 aromatic heterocycles. The van der Waals surface area contributed by atoms with Gasteiger partial charge in [0, 0.05) is 25.2 Å². The molecule has 0 unspecified atom stereocenters. The van der Waals surface area contributed by atoms with Crippen LogP contribution in [0.1, 0.15) is 38.5 Å². The molecule has 2 aliphatic heterocycles. The summed E-state index contributed by atoms with van der Waals surface area (Å²) in [6.45, 7) is 2.83. The van der Waals surface area contributed by atoms with Gasteiger partial charge in [0.1, 0.15) is 0 Å². The molecule has 0 atom stereocenters. The number of carbonyl (C=O) groups excluding carboxylic acids is 1. The summed E-state index contributed by atoms with van der Waals surface area (Å²) < 4.78 is 14.0. The van der Waals surface area contributed by atoms with Crippen molar-refractivity contribution >= 4 is 5.91 Å². The zero-order valence-electron chi connectivity index (χ0n) is 10.5. The van der Waals surface area contributed by atoms with E-state index in [2.05, 4.69) is 11.9 Å². The Kier molecular flexibility index (Phi) is 2.47. The highest BCUT2D eigenvalue weighted by atomic mass is 19.1. The molecule has 0 N–H and O–H groups in total. The van der Waals surface area contributed by atoms with Gasteiger partial charge < -0.3 is 9.80 Å². The fourth-order valence-corrected chi connectivity index (χ4v) is 3.38. The maximum atomic E-state index is 14.0. The maximum absolute atomic E-state index is 14.0. The van der Waals surface area contributed by atoms with Crippen molar-refractivity contribution in [3.05, 3.63) is 0 Å². The van der Waals surface area contributed by atoms with Crippen molar-refractivity contribution in [2.24, 2.45) is 0 Å². The van der Waals surface area contributed by atoms with Gasteiger partial charge in [-0.2, -0.15) is 0 Å². The Morgan fingerprint density at radius 1 is 1.06 bits per heavy atom. The van der Waals surface area contributed by atoms with Gasteiger partial charge in [-0.15, -0.1) is 0 Å². The highest BCUT2D eigenvalue weighted by Gasteiger charge is 2.57. The number of carbonyl (C=O) groups is 1. The molecule has 0 aromatic rings. The number of piperidine rings is 1. The van der Waals surface area contributed by atoms with Crippen LogP contribution in [-0.4, -0.2) is 53.6 Å². The van der Waals surface area contributed by atoms with Crippen LogP contribution in [0.5, 0.6) is 0 Å². The first-order valence-corrected chi connectivity index (χ1v) is 6.75. The lowest BCUT2D eigenvalue weighted by molar-refractivity contribution is -0.144. The predicted molar refractivity (Wildman–Crippen MR) is 63.5 cm³/mol. The highest BCUT2D eigenvalue weighted by molar-refractivity contribution is 5.88. The van der Waals surface area contributed by atoms with Gasteiger partial charge in [-0.25, -0.2) is 4.39 Å². The van der Waals surface area contributed by atoms with Crippen molar-refractivity contribution in [3.8, 4) is 0 Å². The van der Waals surface area contributed by atoms with Crippen molar-refractivity contribution in [2.75, 3.05) is 26.7 Å². The topological polar surface area (TPSA) is 23.6 Å². The van der Waals surface area contributed by atoms with Gasteiger partial charge >= 0.3 is 0 Å². The minimum absolute atomic E-state index is 0.00866. The van der Waals surface area contributed by atoms with E-state index in [1.54, 1.807) is 0 Å². The lowest BCUT2D eigenvalue weighted by Crippen LogP contribution is -2.55. The van der Waals surface area contributed by atoms with Gasteiger partial charge in [-0.3, -0.25) is 4.79 Å². The van der Waals surface area contributed by atoms with Gasteiger partial charge in [-0.05, 0) is 45.6 Å². The molecule has 3 fully saturated rings. The van der Waals surface area contributed by atoms with Crippen LogP contribution in [-0.2, 0) is 4.79 Å². The number of alkyl halides is 1. The molecule has 2 heterocycles. The lowest BCUT2D eigenvalue weighted by Gasteiger charge is -2.44. The van der Waals surface area contributed by atoms with Crippen LogP contribution in [0.15, 0.2) is 0 Å². The van der Waals surface area contributed by atoms with Crippen LogP contribution in [0.4, 0.5) is 4.39 Å². The molecule has 1 spiro atoms. The second-order valence-corrected chi connectivity index (χ2v) is 6.05. The Morgan fingerprint density at radius 3 is 2.29 bits per heavy atom. The van der Waals surface area contributed by atoms with Crippen molar-refractivity contribution in [1.82, 2.24) is 9.80 Å². The summed E-state index contributed by atoms with van der Waals surface area (Å²) in [5, 5.41) is 0. The Bertz CT molecular complexity index is 332. The largest absolute Gasteiger partial charge is 0.334 e. The van der Waals surface area contributed by atoms with E-state index in [-0.39, 0.29) is 11.4 Å². The third-order valence-corrected chi connectivity index (χ3v) is 4.83. The number of hydrogen-bond acceptors (Lipinski definition) is 2. The molecule has 1 saturated carbocycles. The molecule has 3 nitrogen and oxygen atoms in total. The smallest absolute Gasteiger partial charge is 0.260 e. The summed E-state index contributed by atoms with van der Waals surface area (Å²) in [5.41, 5.74) is -1.49. The molecule has 1 aliphatic carbocycles. The third-order valence-electron chi connectivity index (χ3n) is 4.83.